The van der Waals surface area contributed by atoms with Gasteiger partial charge >= 0.3 is 11.7 Å². The minimum atomic E-state index is -0.210. The molecule has 1 aromatic heterocycles. The highest BCUT2D eigenvalue weighted by molar-refractivity contribution is 5.90. The maximum Gasteiger partial charge on any atom is 0.345 e. The molecule has 2 aliphatic rings. The summed E-state index contributed by atoms with van der Waals surface area (Å²) in [5, 5.41) is 10.3. The summed E-state index contributed by atoms with van der Waals surface area (Å²) in [7, 11) is 1.67. The molecule has 0 saturated carbocycles. The first-order valence-corrected chi connectivity index (χ1v) is 10.00. The summed E-state index contributed by atoms with van der Waals surface area (Å²) in [6.45, 7) is 0.573. The van der Waals surface area contributed by atoms with Crippen molar-refractivity contribution in [1.82, 2.24) is 19.7 Å². The highest BCUT2D eigenvalue weighted by Gasteiger charge is 2.22. The molecule has 0 bridgehead atoms. The van der Waals surface area contributed by atoms with Crippen LogP contribution in [0.2, 0.25) is 0 Å². The number of fused-ring (bicyclic) bond motifs is 4. The van der Waals surface area contributed by atoms with Gasteiger partial charge in [0.15, 0.2) is 0 Å². The zero-order valence-corrected chi connectivity index (χ0v) is 16.3. The van der Waals surface area contributed by atoms with Crippen molar-refractivity contribution in [2.24, 2.45) is 7.05 Å². The zero-order valence-electron chi connectivity index (χ0n) is 16.3. The lowest BCUT2D eigenvalue weighted by Crippen LogP contribution is -2.38. The Kier molecular flexibility index (Phi) is 4.23. The average Bonchev–Trinajstić information content (AvgIpc) is 3.12. The number of amides is 2. The van der Waals surface area contributed by atoms with E-state index in [4.69, 9.17) is 0 Å². The van der Waals surface area contributed by atoms with E-state index in [0.29, 0.717) is 19.4 Å². The van der Waals surface area contributed by atoms with E-state index in [1.807, 2.05) is 6.07 Å². The van der Waals surface area contributed by atoms with Gasteiger partial charge in [-0.25, -0.2) is 14.3 Å². The van der Waals surface area contributed by atoms with Gasteiger partial charge in [0.2, 0.25) is 0 Å². The van der Waals surface area contributed by atoms with Gasteiger partial charge in [-0.3, -0.25) is 4.57 Å². The van der Waals surface area contributed by atoms with Crippen LogP contribution in [0.25, 0.3) is 11.1 Å². The predicted octanol–water partition coefficient (Wildman–Crippen LogP) is 2.68. The predicted molar refractivity (Wildman–Crippen MR) is 111 cm³/mol. The van der Waals surface area contributed by atoms with Crippen molar-refractivity contribution in [2.75, 3.05) is 5.32 Å². The second-order valence-corrected chi connectivity index (χ2v) is 7.80. The molecule has 0 radical (unpaired) electrons. The molecule has 2 N–H and O–H groups in total. The molecule has 5 rings (SSSR count). The van der Waals surface area contributed by atoms with Crippen LogP contribution in [-0.4, -0.2) is 26.4 Å². The smallest absolute Gasteiger partial charge is 0.335 e. The molecule has 0 fully saturated rings. The van der Waals surface area contributed by atoms with E-state index in [1.165, 1.54) is 26.9 Å². The van der Waals surface area contributed by atoms with Crippen molar-refractivity contribution in [2.45, 2.75) is 38.3 Å². The fraction of sp³-hybridized carbons (Fsp3) is 0.318. The normalized spacial score (nSPS) is 17.1. The lowest BCUT2D eigenvalue weighted by Gasteiger charge is -2.17. The summed E-state index contributed by atoms with van der Waals surface area (Å²) in [4.78, 5) is 24.6. The van der Waals surface area contributed by atoms with Crippen LogP contribution in [0.4, 0.5) is 10.5 Å². The van der Waals surface area contributed by atoms with Gasteiger partial charge in [0.25, 0.3) is 0 Å². The van der Waals surface area contributed by atoms with Crippen molar-refractivity contribution >= 4 is 11.7 Å². The van der Waals surface area contributed by atoms with Crippen LogP contribution in [0.15, 0.2) is 47.3 Å². The highest BCUT2D eigenvalue weighted by Crippen LogP contribution is 2.37. The van der Waals surface area contributed by atoms with E-state index >= 15 is 0 Å². The van der Waals surface area contributed by atoms with Crippen LogP contribution in [0, 0.1) is 0 Å². The van der Waals surface area contributed by atoms with Gasteiger partial charge in [0, 0.05) is 31.7 Å². The van der Waals surface area contributed by atoms with Crippen molar-refractivity contribution in [3.8, 4) is 11.1 Å². The number of carbonyl (C=O) groups excluding carboxylic acids is 1. The first-order valence-electron chi connectivity index (χ1n) is 10.00. The quantitative estimate of drug-likeness (QED) is 0.553. The van der Waals surface area contributed by atoms with E-state index in [1.54, 1.807) is 11.6 Å². The lowest BCUT2D eigenvalue weighted by molar-refractivity contribution is 0.247. The molecule has 2 amide bonds. The van der Waals surface area contributed by atoms with Crippen LogP contribution in [-0.2, 0) is 26.4 Å². The first-order chi connectivity index (χ1) is 14.1. The summed E-state index contributed by atoms with van der Waals surface area (Å²) >= 11 is 0. The van der Waals surface area contributed by atoms with E-state index in [2.05, 4.69) is 52.1 Å². The summed E-state index contributed by atoms with van der Waals surface area (Å²) in [5.41, 5.74) is 5.78. The topological polar surface area (TPSA) is 81.0 Å². The molecule has 7 nitrogen and oxygen atoms in total. The number of carbonyl (C=O) groups is 1. The number of aromatic nitrogens is 3. The Balaban J connectivity index is 1.23. The third kappa shape index (κ3) is 3.22. The monoisotopic (exact) mass is 389 g/mol. The van der Waals surface area contributed by atoms with Crippen molar-refractivity contribution in [3.63, 3.8) is 0 Å². The molecule has 1 unspecified atom stereocenters. The Hall–Kier alpha value is -3.35. The molecule has 0 saturated heterocycles. The van der Waals surface area contributed by atoms with E-state index < -0.39 is 0 Å². The number of hydrogen-bond donors (Lipinski definition) is 2. The van der Waals surface area contributed by atoms with Crippen LogP contribution in [0.1, 0.15) is 29.8 Å². The second-order valence-electron chi connectivity index (χ2n) is 7.80. The highest BCUT2D eigenvalue weighted by atomic mass is 16.2. The molecule has 2 heterocycles. The van der Waals surface area contributed by atoms with Crippen LogP contribution < -0.4 is 16.3 Å². The molecular formula is C22H23N5O2. The van der Waals surface area contributed by atoms with Crippen LogP contribution >= 0.6 is 0 Å². The van der Waals surface area contributed by atoms with E-state index in [9.17, 15) is 9.59 Å². The molecular weight excluding hydrogens is 366 g/mol. The number of benzene rings is 2. The molecule has 29 heavy (non-hydrogen) atoms. The standard InChI is InChI=1S/C22H23N5O2/c1-26-22(29)27-11-10-16(7-9-20(27)25-26)23-21(28)24-17-6-8-19-15(13-17)12-14-4-2-3-5-18(14)19/h2-6,8,13,16H,7,9-12H2,1H3,(H2,23,24,28). The van der Waals surface area contributed by atoms with Crippen LogP contribution in [0.5, 0.6) is 0 Å². The SMILES string of the molecule is Cn1nc2n(c1=O)CCC(NC(=O)Nc1ccc3c(c1)Cc1ccccc1-3)CC2. The molecule has 148 valence electrons. The Bertz CT molecular complexity index is 1160. The molecule has 7 heteroatoms. The fourth-order valence-corrected chi connectivity index (χ4v) is 4.42. The number of urea groups is 1. The Morgan fingerprint density at radius 2 is 1.93 bits per heavy atom. The average molecular weight is 389 g/mol. The molecule has 1 atom stereocenters. The zero-order chi connectivity index (χ0) is 20.0. The van der Waals surface area contributed by atoms with Gasteiger partial charge in [-0.2, -0.15) is 5.10 Å². The Morgan fingerprint density at radius 3 is 2.83 bits per heavy atom. The van der Waals surface area contributed by atoms with Gasteiger partial charge in [-0.15, -0.1) is 0 Å². The lowest BCUT2D eigenvalue weighted by atomic mass is 10.1. The Labute approximate surface area is 168 Å². The fourth-order valence-electron chi connectivity index (χ4n) is 4.42. The molecule has 1 aliphatic carbocycles. The number of anilines is 1. The third-order valence-corrected chi connectivity index (χ3v) is 5.89. The van der Waals surface area contributed by atoms with Crippen molar-refractivity contribution in [1.29, 1.82) is 0 Å². The summed E-state index contributed by atoms with van der Waals surface area (Å²) < 4.78 is 3.08. The van der Waals surface area contributed by atoms with Crippen molar-refractivity contribution in [3.05, 3.63) is 69.9 Å². The maximum absolute atomic E-state index is 12.5. The maximum atomic E-state index is 12.5. The summed E-state index contributed by atoms with van der Waals surface area (Å²) in [6.07, 6.45) is 3.05. The number of nitrogens with zero attached hydrogens (tertiary/aromatic N) is 3. The molecule has 2 aromatic carbocycles. The minimum Gasteiger partial charge on any atom is -0.335 e. The molecule has 1 aliphatic heterocycles. The largest absolute Gasteiger partial charge is 0.345 e. The van der Waals surface area contributed by atoms with E-state index in [0.717, 1.165) is 24.4 Å². The number of hydrogen-bond acceptors (Lipinski definition) is 3. The number of nitrogens with one attached hydrogen (secondary N) is 2. The van der Waals surface area contributed by atoms with Crippen LogP contribution in [0.3, 0.4) is 0 Å². The second kappa shape index (κ2) is 6.92. The van der Waals surface area contributed by atoms with Gasteiger partial charge in [-0.05, 0) is 53.6 Å². The Morgan fingerprint density at radius 1 is 1.10 bits per heavy atom. The van der Waals surface area contributed by atoms with Gasteiger partial charge in [0.1, 0.15) is 5.82 Å². The van der Waals surface area contributed by atoms with Gasteiger partial charge < -0.3 is 10.6 Å². The number of aryl methyl sites for hydroxylation is 2. The van der Waals surface area contributed by atoms with Gasteiger partial charge in [0.05, 0.1) is 0 Å². The molecule has 0 spiro atoms. The third-order valence-electron chi connectivity index (χ3n) is 5.89. The first kappa shape index (κ1) is 17.7. The summed E-state index contributed by atoms with van der Waals surface area (Å²) in [5.74, 6) is 0.792. The number of rotatable bonds is 2. The van der Waals surface area contributed by atoms with E-state index in [-0.39, 0.29) is 17.8 Å². The molecule has 3 aromatic rings. The minimum absolute atomic E-state index is 0.0140. The van der Waals surface area contributed by atoms with Crippen molar-refractivity contribution < 1.29 is 4.79 Å². The summed E-state index contributed by atoms with van der Waals surface area (Å²) in [6, 6.07) is 14.3. The van der Waals surface area contributed by atoms with Gasteiger partial charge in [-0.1, -0.05) is 30.3 Å².